The molecule has 2 aromatic rings. The van der Waals surface area contributed by atoms with Crippen LogP contribution in [0.1, 0.15) is 32.7 Å². The number of benzene rings is 2. The van der Waals surface area contributed by atoms with Gasteiger partial charge in [-0.1, -0.05) is 0 Å². The summed E-state index contributed by atoms with van der Waals surface area (Å²) in [5, 5.41) is 0. The van der Waals surface area contributed by atoms with Gasteiger partial charge in [0.2, 0.25) is 0 Å². The van der Waals surface area contributed by atoms with E-state index in [2.05, 4.69) is 91.0 Å². The molecular formula is C23H22Zr-2. The first kappa shape index (κ1) is 15.8. The Balaban J connectivity index is 0.00000121. The van der Waals surface area contributed by atoms with E-state index in [1.165, 1.54) is 17.5 Å². The van der Waals surface area contributed by atoms with Gasteiger partial charge in [-0.05, 0) is 0 Å². The van der Waals surface area contributed by atoms with E-state index in [9.17, 15) is 0 Å². The second kappa shape index (κ2) is 7.45. The molecule has 0 aromatic heterocycles. The van der Waals surface area contributed by atoms with Crippen molar-refractivity contribution in [3.05, 3.63) is 114 Å². The van der Waals surface area contributed by atoms with Crippen LogP contribution in [0.3, 0.4) is 0 Å². The molecule has 0 saturated carbocycles. The van der Waals surface area contributed by atoms with Gasteiger partial charge in [-0.15, -0.1) is 0 Å². The van der Waals surface area contributed by atoms with Crippen LogP contribution in [0.2, 0.25) is 0 Å². The largest absolute Gasteiger partial charge is 1.00 e. The molecule has 0 saturated heterocycles. The van der Waals surface area contributed by atoms with Crippen molar-refractivity contribution in [3.63, 3.8) is 0 Å². The van der Waals surface area contributed by atoms with Crippen molar-refractivity contribution in [2.75, 3.05) is 0 Å². The number of hydrogen-bond acceptors (Lipinski definition) is 0. The van der Waals surface area contributed by atoms with Crippen molar-refractivity contribution < 1.29 is 26.1 Å². The smallest absolute Gasteiger partial charge is 1.00 e. The first-order valence-corrected chi connectivity index (χ1v) is 11.0. The van der Waals surface area contributed by atoms with Gasteiger partial charge in [0.05, 0.1) is 0 Å². The molecule has 0 nitrogen and oxygen atoms in total. The first-order chi connectivity index (χ1) is 11.9. The Hall–Kier alpha value is -1.72. The van der Waals surface area contributed by atoms with Crippen LogP contribution < -0.4 is 0 Å². The molecule has 0 unspecified atom stereocenters. The second-order valence-electron chi connectivity index (χ2n) is 6.24. The van der Waals surface area contributed by atoms with Gasteiger partial charge < -0.3 is 2.85 Å². The van der Waals surface area contributed by atoms with Gasteiger partial charge in [-0.2, -0.15) is 0 Å². The summed E-state index contributed by atoms with van der Waals surface area (Å²) >= 11 is -0.639. The van der Waals surface area contributed by atoms with Gasteiger partial charge in [-0.3, -0.25) is 0 Å². The predicted octanol–water partition coefficient (Wildman–Crippen LogP) is 6.18. The Morgan fingerprint density at radius 2 is 1.46 bits per heavy atom. The minimum absolute atomic E-state index is 0. The summed E-state index contributed by atoms with van der Waals surface area (Å²) in [6.07, 6.45) is 14.0. The molecule has 24 heavy (non-hydrogen) atoms. The average Bonchev–Trinajstić information content (AvgIpc) is 3.30. The molecule has 0 aliphatic heterocycles. The van der Waals surface area contributed by atoms with E-state index >= 15 is 0 Å². The molecule has 0 N–H and O–H groups in total. The van der Waals surface area contributed by atoms with Gasteiger partial charge in [0, 0.05) is 0 Å². The van der Waals surface area contributed by atoms with Crippen LogP contribution in [-0.2, 0) is 23.2 Å². The number of allylic oxidation sites excluding steroid dienone is 8. The van der Waals surface area contributed by atoms with Crippen LogP contribution in [0, 0.1) is 0 Å². The maximum atomic E-state index is 2.39. The van der Waals surface area contributed by atoms with Crippen molar-refractivity contribution >= 4 is 0 Å². The Morgan fingerprint density at radius 3 is 2.04 bits per heavy atom. The fourth-order valence-electron chi connectivity index (χ4n) is 3.49. The molecule has 0 amide bonds. The Kier molecular flexibility index (Phi) is 4.90. The third-order valence-corrected chi connectivity index (χ3v) is 8.28. The molecule has 2 aromatic carbocycles. The predicted molar refractivity (Wildman–Crippen MR) is 99.6 cm³/mol. The van der Waals surface area contributed by atoms with Crippen molar-refractivity contribution in [3.8, 4) is 0 Å². The first-order valence-electron chi connectivity index (χ1n) is 8.54. The molecule has 2 aliphatic carbocycles. The fourth-order valence-corrected chi connectivity index (χ4v) is 6.88. The molecule has 0 atom stereocenters. The molecule has 2 aliphatic rings. The van der Waals surface area contributed by atoms with E-state index in [0.29, 0.717) is 5.92 Å². The Morgan fingerprint density at radius 1 is 0.792 bits per heavy atom. The zero-order chi connectivity index (χ0) is 16.2. The van der Waals surface area contributed by atoms with Crippen molar-refractivity contribution in [2.24, 2.45) is 0 Å². The fraction of sp³-hybridized carbons (Fsp3) is 0.130. The zero-order valence-electron chi connectivity index (χ0n) is 15.7. The van der Waals surface area contributed by atoms with Crippen LogP contribution in [0.15, 0.2) is 103 Å². The van der Waals surface area contributed by atoms with Gasteiger partial charge in [0.15, 0.2) is 0 Å². The maximum Gasteiger partial charge on any atom is -1.00 e. The SMILES string of the molecule is C1=CC[C]([Zr][C]2=C(C(c3ccccc3)c3ccccc3)C=CC2)=C1.[H-].[H-]. The third-order valence-electron chi connectivity index (χ3n) is 4.63. The number of hydrogen-bond donors (Lipinski definition) is 0. The zero-order valence-corrected chi connectivity index (χ0v) is 16.1. The molecule has 0 spiro atoms. The summed E-state index contributed by atoms with van der Waals surface area (Å²) in [7, 11) is 0. The molecule has 0 heterocycles. The number of rotatable bonds is 5. The summed E-state index contributed by atoms with van der Waals surface area (Å²) < 4.78 is 3.45. The van der Waals surface area contributed by atoms with Gasteiger partial charge in [-0.25, -0.2) is 0 Å². The minimum Gasteiger partial charge on any atom is -1.00 e. The van der Waals surface area contributed by atoms with Crippen LogP contribution in [0.5, 0.6) is 0 Å². The third kappa shape index (κ3) is 3.37. The van der Waals surface area contributed by atoms with E-state index < -0.39 is 23.2 Å². The Bertz CT molecular complexity index is 794. The van der Waals surface area contributed by atoms with Crippen molar-refractivity contribution in [1.82, 2.24) is 0 Å². The molecule has 0 radical (unpaired) electrons. The second-order valence-corrected chi connectivity index (χ2v) is 9.92. The van der Waals surface area contributed by atoms with E-state index in [1.807, 2.05) is 0 Å². The van der Waals surface area contributed by atoms with Gasteiger partial charge >= 0.3 is 156 Å². The molecule has 0 fully saturated rings. The van der Waals surface area contributed by atoms with Crippen LogP contribution in [0.25, 0.3) is 0 Å². The summed E-state index contributed by atoms with van der Waals surface area (Å²) in [6.45, 7) is 0. The topological polar surface area (TPSA) is 0 Å². The van der Waals surface area contributed by atoms with Gasteiger partial charge in [0.25, 0.3) is 0 Å². The van der Waals surface area contributed by atoms with E-state index in [0.717, 1.165) is 6.42 Å². The minimum atomic E-state index is -0.639. The molecular weight excluding hydrogens is 367 g/mol. The Labute approximate surface area is 158 Å². The summed E-state index contributed by atoms with van der Waals surface area (Å²) in [5.74, 6) is 0.372. The summed E-state index contributed by atoms with van der Waals surface area (Å²) in [4.78, 5) is 0. The van der Waals surface area contributed by atoms with Crippen LogP contribution >= 0.6 is 0 Å². The molecule has 4 rings (SSSR count). The standard InChI is InChI=1S/C18H15.C5H5.Zr.2H/c1-3-9-15(10-4-1)18(17-13-7-8-14-17)16-11-5-2-6-12-16;1-2-4-5-3-1;;;/h1-7,9-13,18H,8H2;1-3H,4H2;;;/q;;;2*-1. The molecule has 1 heteroatoms. The average molecular weight is 390 g/mol. The molecule has 120 valence electrons. The normalized spacial score (nSPS) is 16.1. The van der Waals surface area contributed by atoms with E-state index in [1.54, 1.807) is 12.1 Å². The molecule has 0 bridgehead atoms. The van der Waals surface area contributed by atoms with Crippen molar-refractivity contribution in [2.45, 2.75) is 18.8 Å². The quantitative estimate of drug-likeness (QED) is 0.572. The summed E-state index contributed by atoms with van der Waals surface area (Å²) in [6, 6.07) is 22.0. The van der Waals surface area contributed by atoms with E-state index in [-0.39, 0.29) is 2.85 Å². The summed E-state index contributed by atoms with van der Waals surface area (Å²) in [5.41, 5.74) is 4.37. The van der Waals surface area contributed by atoms with Gasteiger partial charge in [0.1, 0.15) is 0 Å². The maximum absolute atomic E-state index is 2.39. The van der Waals surface area contributed by atoms with Crippen LogP contribution in [-0.4, -0.2) is 0 Å². The van der Waals surface area contributed by atoms with Crippen molar-refractivity contribution in [1.29, 1.82) is 0 Å². The van der Waals surface area contributed by atoms with Crippen LogP contribution in [0.4, 0.5) is 0 Å². The monoisotopic (exact) mass is 388 g/mol. The van der Waals surface area contributed by atoms with E-state index in [4.69, 9.17) is 0 Å².